The van der Waals surface area contributed by atoms with E-state index in [1.165, 1.54) is 0 Å². The Kier molecular flexibility index (Phi) is 6.73. The third kappa shape index (κ3) is 3.72. The smallest absolute Gasteiger partial charge is 0.402 e. The van der Waals surface area contributed by atoms with Gasteiger partial charge in [0.25, 0.3) is 0 Å². The van der Waals surface area contributed by atoms with Gasteiger partial charge in [0, 0.05) is 30.8 Å². The van der Waals surface area contributed by atoms with Crippen LogP contribution in [0.15, 0.2) is 22.6 Å². The molecule has 5 N–H and O–H groups in total. The van der Waals surface area contributed by atoms with Gasteiger partial charge in [-0.25, -0.2) is 4.79 Å². The molecule has 4 rings (SSSR count). The number of fused-ring (bicyclic) bond motifs is 4. The highest BCUT2D eigenvalue weighted by Gasteiger charge is 2.72. The molecule has 0 spiro atoms. The number of ether oxygens (including phenoxy) is 2. The summed E-state index contributed by atoms with van der Waals surface area (Å²) in [5.41, 5.74) is 4.26. The van der Waals surface area contributed by atoms with Gasteiger partial charge < -0.3 is 35.6 Å². The molecule has 0 saturated carbocycles. The zero-order valence-corrected chi connectivity index (χ0v) is 18.1. The number of hydrogen-bond acceptors (Lipinski definition) is 8. The SMILES string of the molecule is CCCCCCOC1=C(C)C(=O)C2=C(C1=O)C(CO)C1(OC)C3NC3CN21.NC(=O)O. The van der Waals surface area contributed by atoms with Crippen molar-refractivity contribution in [2.24, 2.45) is 11.7 Å². The van der Waals surface area contributed by atoms with Gasteiger partial charge in [-0.15, -0.1) is 0 Å². The molecule has 31 heavy (non-hydrogen) atoms. The second-order valence-electron chi connectivity index (χ2n) is 8.17. The number of aliphatic hydroxyl groups excluding tert-OH is 1. The number of amides is 1. The maximum atomic E-state index is 13.3. The highest BCUT2D eigenvalue weighted by atomic mass is 16.5. The number of carboxylic acid groups (broad SMARTS) is 1. The van der Waals surface area contributed by atoms with Gasteiger partial charge in [-0.05, 0) is 13.3 Å². The van der Waals surface area contributed by atoms with Gasteiger partial charge in [-0.1, -0.05) is 26.2 Å². The summed E-state index contributed by atoms with van der Waals surface area (Å²) in [6, 6.07) is 0.251. The molecule has 2 saturated heterocycles. The van der Waals surface area contributed by atoms with E-state index in [0.717, 1.165) is 25.7 Å². The Hall–Kier alpha value is -2.43. The number of carbonyl (C=O) groups is 3. The molecule has 3 heterocycles. The summed E-state index contributed by atoms with van der Waals surface area (Å²) in [4.78, 5) is 37.1. The minimum absolute atomic E-state index is 0.0181. The second kappa shape index (κ2) is 8.97. The maximum absolute atomic E-state index is 13.3. The summed E-state index contributed by atoms with van der Waals surface area (Å²) in [7, 11) is 1.58. The van der Waals surface area contributed by atoms with E-state index >= 15 is 0 Å². The van der Waals surface area contributed by atoms with Crippen molar-refractivity contribution in [3.05, 3.63) is 22.6 Å². The third-order valence-corrected chi connectivity index (χ3v) is 6.41. The summed E-state index contributed by atoms with van der Waals surface area (Å²) in [6.07, 6.45) is 2.80. The van der Waals surface area contributed by atoms with E-state index in [-0.39, 0.29) is 36.0 Å². The Balaban J connectivity index is 0.000000628. The Morgan fingerprint density at radius 2 is 1.97 bits per heavy atom. The molecular formula is C21H31N3O7. The van der Waals surface area contributed by atoms with Crippen LogP contribution in [0.2, 0.25) is 0 Å². The number of carbonyl (C=O) groups excluding carboxylic acids is 2. The highest BCUT2D eigenvalue weighted by molar-refractivity contribution is 6.25. The fraction of sp³-hybridized carbons (Fsp3) is 0.667. The molecule has 0 aromatic carbocycles. The van der Waals surface area contributed by atoms with Gasteiger partial charge in [0.05, 0.1) is 30.9 Å². The standard InChI is InChI=1S/C20H28N2O5.CH3NO2/c1-4-5-6-7-8-27-18-11(2)16(24)15-14(17(18)25)12(10-23)20(26-3)19-13(21-19)9-22(15)20;2-1(3)4/h12-13,19,21,23H,4-10H2,1-3H3;2H2,(H,3,4). The molecule has 0 bridgehead atoms. The van der Waals surface area contributed by atoms with Crippen molar-refractivity contribution < 1.29 is 34.1 Å². The number of Topliss-reactive ketones (excluding diaryl/α,β-unsaturated/α-hetero) is 2. The molecule has 3 aliphatic heterocycles. The van der Waals surface area contributed by atoms with E-state index in [4.69, 9.17) is 19.4 Å². The number of methoxy groups -OCH3 is 1. The van der Waals surface area contributed by atoms with E-state index < -0.39 is 17.7 Å². The number of nitrogens with two attached hydrogens (primary N) is 1. The molecule has 0 aromatic heterocycles. The first-order chi connectivity index (χ1) is 14.8. The lowest BCUT2D eigenvalue weighted by Gasteiger charge is -2.39. The first-order valence-corrected chi connectivity index (χ1v) is 10.6. The Morgan fingerprint density at radius 1 is 1.29 bits per heavy atom. The van der Waals surface area contributed by atoms with Crippen LogP contribution in [0.1, 0.15) is 39.5 Å². The normalized spacial score (nSPS) is 30.6. The lowest BCUT2D eigenvalue weighted by atomic mass is 9.83. The van der Waals surface area contributed by atoms with Gasteiger partial charge in [0.2, 0.25) is 11.6 Å². The molecule has 4 atom stereocenters. The lowest BCUT2D eigenvalue weighted by Crippen LogP contribution is -2.54. The second-order valence-corrected chi connectivity index (χ2v) is 8.17. The molecule has 10 heteroatoms. The van der Waals surface area contributed by atoms with Crippen molar-refractivity contribution in [2.45, 2.75) is 57.3 Å². The number of aliphatic hydroxyl groups is 1. The van der Waals surface area contributed by atoms with Crippen LogP contribution < -0.4 is 11.1 Å². The zero-order chi connectivity index (χ0) is 22.9. The highest BCUT2D eigenvalue weighted by Crippen LogP contribution is 2.55. The molecule has 10 nitrogen and oxygen atoms in total. The summed E-state index contributed by atoms with van der Waals surface area (Å²) < 4.78 is 11.6. The van der Waals surface area contributed by atoms with Crippen molar-refractivity contribution in [3.8, 4) is 0 Å². The average molecular weight is 437 g/mol. The van der Waals surface area contributed by atoms with Gasteiger partial charge >= 0.3 is 6.09 Å². The molecule has 4 aliphatic rings. The number of hydrogen-bond donors (Lipinski definition) is 4. The number of primary amides is 1. The largest absolute Gasteiger partial charge is 0.489 e. The topological polar surface area (TPSA) is 161 Å². The Bertz CT molecular complexity index is 833. The number of nitrogens with one attached hydrogen (secondary N) is 1. The molecule has 2 fully saturated rings. The van der Waals surface area contributed by atoms with Crippen LogP contribution >= 0.6 is 0 Å². The first-order valence-electron chi connectivity index (χ1n) is 10.6. The number of nitrogens with zero attached hydrogens (tertiary/aromatic N) is 1. The molecule has 1 amide bonds. The van der Waals surface area contributed by atoms with Crippen molar-refractivity contribution in [1.29, 1.82) is 0 Å². The molecule has 0 radical (unpaired) electrons. The number of unbranched alkanes of at least 4 members (excludes halogenated alkanes) is 3. The van der Waals surface area contributed by atoms with Crippen LogP contribution in [-0.2, 0) is 19.1 Å². The van der Waals surface area contributed by atoms with Gasteiger partial charge in [-0.3, -0.25) is 9.59 Å². The summed E-state index contributed by atoms with van der Waals surface area (Å²) in [5.74, 6) is -0.890. The van der Waals surface area contributed by atoms with Crippen molar-refractivity contribution in [3.63, 3.8) is 0 Å². The van der Waals surface area contributed by atoms with E-state index in [2.05, 4.69) is 18.0 Å². The predicted molar refractivity (Wildman–Crippen MR) is 110 cm³/mol. The lowest BCUT2D eigenvalue weighted by molar-refractivity contribution is -0.137. The number of ketones is 2. The number of allylic oxidation sites excluding steroid dienone is 2. The average Bonchev–Trinajstić information content (AvgIpc) is 3.33. The van der Waals surface area contributed by atoms with Crippen LogP contribution in [0, 0.1) is 5.92 Å². The van der Waals surface area contributed by atoms with Crippen molar-refractivity contribution >= 4 is 17.7 Å². The van der Waals surface area contributed by atoms with Crippen molar-refractivity contribution in [2.75, 3.05) is 26.9 Å². The molecule has 4 unspecified atom stereocenters. The third-order valence-electron chi connectivity index (χ3n) is 6.41. The van der Waals surface area contributed by atoms with Crippen LogP contribution in [0.3, 0.4) is 0 Å². The van der Waals surface area contributed by atoms with Crippen LogP contribution in [0.25, 0.3) is 0 Å². The van der Waals surface area contributed by atoms with Gasteiger partial charge in [-0.2, -0.15) is 0 Å². The maximum Gasteiger partial charge on any atom is 0.402 e. The minimum Gasteiger partial charge on any atom is -0.489 e. The molecular weight excluding hydrogens is 406 g/mol. The van der Waals surface area contributed by atoms with Crippen LogP contribution in [0.5, 0.6) is 0 Å². The van der Waals surface area contributed by atoms with Crippen LogP contribution in [-0.4, -0.2) is 77.4 Å². The fourth-order valence-electron chi connectivity index (χ4n) is 5.00. The first kappa shape index (κ1) is 23.2. The number of piperazine rings is 1. The molecule has 0 aromatic rings. The molecule has 1 aliphatic carbocycles. The van der Waals surface area contributed by atoms with E-state index in [1.54, 1.807) is 14.0 Å². The quantitative estimate of drug-likeness (QED) is 0.241. The van der Waals surface area contributed by atoms with Gasteiger partial charge in [0.15, 0.2) is 11.5 Å². The van der Waals surface area contributed by atoms with Crippen molar-refractivity contribution in [1.82, 2.24) is 10.2 Å². The summed E-state index contributed by atoms with van der Waals surface area (Å²) in [5, 5.41) is 20.7. The minimum atomic E-state index is -1.33. The fourth-order valence-corrected chi connectivity index (χ4v) is 5.00. The monoisotopic (exact) mass is 437 g/mol. The Labute approximate surface area is 181 Å². The van der Waals surface area contributed by atoms with Gasteiger partial charge in [0.1, 0.15) is 0 Å². The number of rotatable bonds is 8. The van der Waals surface area contributed by atoms with E-state index in [0.29, 0.717) is 30.0 Å². The van der Waals surface area contributed by atoms with E-state index in [1.807, 2.05) is 4.90 Å². The molecule has 172 valence electrons. The van der Waals surface area contributed by atoms with E-state index in [9.17, 15) is 14.7 Å². The van der Waals surface area contributed by atoms with Crippen LogP contribution in [0.4, 0.5) is 4.79 Å². The predicted octanol–water partition coefficient (Wildman–Crippen LogP) is 0.507. The summed E-state index contributed by atoms with van der Waals surface area (Å²) >= 11 is 0. The summed E-state index contributed by atoms with van der Waals surface area (Å²) in [6.45, 7) is 4.56. The Morgan fingerprint density at radius 3 is 2.55 bits per heavy atom. The zero-order valence-electron chi connectivity index (χ0n) is 18.1.